The molecule has 110 valence electrons. The molecule has 7 heteroatoms. The van der Waals surface area contributed by atoms with Crippen molar-refractivity contribution in [3.05, 3.63) is 29.8 Å². The standard InChI is InChI=1S/C13H18N2O3S2/c1-2-19(16)10-9-15-20(17,18)13-7-3-5-12(11-13)6-4-8-14/h3,5,7,11,15H,2,8-10,14H2,1H3. The number of nitrogens with one attached hydrogen (secondary N) is 1. The fourth-order valence-electron chi connectivity index (χ4n) is 1.41. The zero-order chi connectivity index (χ0) is 15.0. The lowest BCUT2D eigenvalue weighted by atomic mass is 10.2. The van der Waals surface area contributed by atoms with Crippen LogP contribution < -0.4 is 10.5 Å². The Balaban J connectivity index is 2.79. The van der Waals surface area contributed by atoms with Crippen LogP contribution in [0.3, 0.4) is 0 Å². The first-order valence-corrected chi connectivity index (χ1v) is 9.10. The third-order valence-corrected chi connectivity index (χ3v) is 5.19. The van der Waals surface area contributed by atoms with Gasteiger partial charge in [-0.3, -0.25) is 4.21 Å². The predicted molar refractivity (Wildman–Crippen MR) is 81.1 cm³/mol. The predicted octanol–water partition coefficient (Wildman–Crippen LogP) is 0.0437. The van der Waals surface area contributed by atoms with Crippen LogP contribution in [0.5, 0.6) is 0 Å². The van der Waals surface area contributed by atoms with Crippen LogP contribution in [0.25, 0.3) is 0 Å². The van der Waals surface area contributed by atoms with Crippen LogP contribution >= 0.6 is 0 Å². The summed E-state index contributed by atoms with van der Waals surface area (Å²) in [5.74, 6) is 6.28. The van der Waals surface area contributed by atoms with E-state index in [-0.39, 0.29) is 18.0 Å². The van der Waals surface area contributed by atoms with Crippen molar-refractivity contribution in [2.75, 3.05) is 24.6 Å². The van der Waals surface area contributed by atoms with Gasteiger partial charge < -0.3 is 5.73 Å². The molecule has 0 radical (unpaired) electrons. The van der Waals surface area contributed by atoms with E-state index in [1.54, 1.807) is 19.1 Å². The number of sulfonamides is 1. The Morgan fingerprint density at radius 1 is 1.40 bits per heavy atom. The highest BCUT2D eigenvalue weighted by atomic mass is 32.2. The Hall–Kier alpha value is -1.20. The summed E-state index contributed by atoms with van der Waals surface area (Å²) in [6.07, 6.45) is 0. The van der Waals surface area contributed by atoms with Gasteiger partial charge in [-0.15, -0.1) is 0 Å². The molecule has 0 aliphatic carbocycles. The molecule has 1 aromatic rings. The molecule has 0 fully saturated rings. The van der Waals surface area contributed by atoms with Crippen molar-refractivity contribution in [2.45, 2.75) is 11.8 Å². The maximum Gasteiger partial charge on any atom is 0.240 e. The Morgan fingerprint density at radius 3 is 2.80 bits per heavy atom. The van der Waals surface area contributed by atoms with Crippen molar-refractivity contribution >= 4 is 20.8 Å². The third-order valence-electron chi connectivity index (χ3n) is 2.42. The number of hydrogen-bond acceptors (Lipinski definition) is 4. The van der Waals surface area contributed by atoms with Crippen LogP contribution in [0.15, 0.2) is 29.2 Å². The molecule has 0 saturated heterocycles. The lowest BCUT2D eigenvalue weighted by Crippen LogP contribution is -2.28. The van der Waals surface area contributed by atoms with E-state index < -0.39 is 20.8 Å². The van der Waals surface area contributed by atoms with Crippen LogP contribution in [0.2, 0.25) is 0 Å². The molecule has 1 aromatic carbocycles. The minimum Gasteiger partial charge on any atom is -0.320 e. The van der Waals surface area contributed by atoms with Crippen LogP contribution in [-0.4, -0.2) is 37.2 Å². The van der Waals surface area contributed by atoms with Gasteiger partial charge in [-0.2, -0.15) is 0 Å². The van der Waals surface area contributed by atoms with Crippen molar-refractivity contribution in [1.82, 2.24) is 4.72 Å². The van der Waals surface area contributed by atoms with Crippen LogP contribution in [0, 0.1) is 11.8 Å². The van der Waals surface area contributed by atoms with E-state index in [1.165, 1.54) is 12.1 Å². The second-order valence-corrected chi connectivity index (χ2v) is 7.50. The summed E-state index contributed by atoms with van der Waals surface area (Å²) in [7, 11) is -4.59. The molecule has 0 bridgehead atoms. The van der Waals surface area contributed by atoms with E-state index in [0.29, 0.717) is 17.1 Å². The molecule has 0 aliphatic rings. The Labute approximate surface area is 122 Å². The van der Waals surface area contributed by atoms with Crippen molar-refractivity contribution in [2.24, 2.45) is 5.73 Å². The summed E-state index contributed by atoms with van der Waals surface area (Å²) < 4.78 is 37.8. The number of nitrogens with two attached hydrogens (primary N) is 1. The van der Waals surface area contributed by atoms with Gasteiger partial charge in [-0.05, 0) is 18.2 Å². The number of rotatable bonds is 6. The lowest BCUT2D eigenvalue weighted by Gasteiger charge is -2.06. The molecular weight excluding hydrogens is 296 g/mol. The minimum absolute atomic E-state index is 0.142. The van der Waals surface area contributed by atoms with Crippen molar-refractivity contribution in [1.29, 1.82) is 0 Å². The van der Waals surface area contributed by atoms with E-state index >= 15 is 0 Å². The van der Waals surface area contributed by atoms with Crippen LogP contribution in [-0.2, 0) is 20.8 Å². The largest absolute Gasteiger partial charge is 0.320 e. The quantitative estimate of drug-likeness (QED) is 0.726. The van der Waals surface area contributed by atoms with Gasteiger partial charge in [0.15, 0.2) is 0 Å². The summed E-state index contributed by atoms with van der Waals surface area (Å²) in [6.45, 7) is 2.17. The van der Waals surface area contributed by atoms with Gasteiger partial charge in [0.05, 0.1) is 11.4 Å². The molecule has 1 atom stereocenters. The smallest absolute Gasteiger partial charge is 0.240 e. The summed E-state index contributed by atoms with van der Waals surface area (Å²) in [6, 6.07) is 6.32. The third kappa shape index (κ3) is 5.43. The van der Waals surface area contributed by atoms with Gasteiger partial charge in [0.1, 0.15) is 0 Å². The van der Waals surface area contributed by atoms with Crippen molar-refractivity contribution < 1.29 is 12.6 Å². The van der Waals surface area contributed by atoms with E-state index in [9.17, 15) is 12.6 Å². The summed E-state index contributed by atoms with van der Waals surface area (Å²) in [4.78, 5) is 0.142. The minimum atomic E-state index is -3.60. The maximum atomic E-state index is 12.0. The first-order valence-electron chi connectivity index (χ1n) is 6.13. The molecule has 0 saturated carbocycles. The van der Waals surface area contributed by atoms with Crippen LogP contribution in [0.4, 0.5) is 0 Å². The lowest BCUT2D eigenvalue weighted by molar-refractivity contribution is 0.584. The molecular formula is C13H18N2O3S2. The molecule has 0 aliphatic heterocycles. The second-order valence-electron chi connectivity index (χ2n) is 3.86. The first kappa shape index (κ1) is 16.9. The Kier molecular flexibility index (Phi) is 6.88. The summed E-state index contributed by atoms with van der Waals surface area (Å²) >= 11 is 0. The topological polar surface area (TPSA) is 89.3 Å². The zero-order valence-corrected chi connectivity index (χ0v) is 12.9. The highest BCUT2D eigenvalue weighted by molar-refractivity contribution is 7.89. The van der Waals surface area contributed by atoms with Crippen molar-refractivity contribution in [3.8, 4) is 11.8 Å². The monoisotopic (exact) mass is 314 g/mol. The SMILES string of the molecule is CCS(=O)CCNS(=O)(=O)c1cccc(C#CCN)c1. The van der Waals surface area contributed by atoms with E-state index in [0.717, 1.165) is 0 Å². The fourth-order valence-corrected chi connectivity index (χ4v) is 3.24. The van der Waals surface area contributed by atoms with Crippen molar-refractivity contribution in [3.63, 3.8) is 0 Å². The van der Waals surface area contributed by atoms with Gasteiger partial charge in [0.25, 0.3) is 0 Å². The molecule has 1 rings (SSSR count). The molecule has 0 heterocycles. The first-order chi connectivity index (χ1) is 9.49. The molecule has 0 aromatic heterocycles. The van der Waals surface area contributed by atoms with Gasteiger partial charge in [-0.25, -0.2) is 13.1 Å². The fraction of sp³-hybridized carbons (Fsp3) is 0.385. The molecule has 20 heavy (non-hydrogen) atoms. The molecule has 0 amide bonds. The normalized spacial score (nSPS) is 12.5. The maximum absolute atomic E-state index is 12.0. The highest BCUT2D eigenvalue weighted by Crippen LogP contribution is 2.10. The Morgan fingerprint density at radius 2 is 2.15 bits per heavy atom. The van der Waals surface area contributed by atoms with Gasteiger partial charge >= 0.3 is 0 Å². The highest BCUT2D eigenvalue weighted by Gasteiger charge is 2.13. The summed E-state index contributed by atoms with van der Waals surface area (Å²) in [5, 5.41) is 0. The van der Waals surface area contributed by atoms with Gasteiger partial charge in [-0.1, -0.05) is 24.8 Å². The number of benzene rings is 1. The summed E-state index contributed by atoms with van der Waals surface area (Å²) in [5.41, 5.74) is 5.87. The molecule has 5 nitrogen and oxygen atoms in total. The van der Waals surface area contributed by atoms with E-state index in [1.807, 2.05) is 0 Å². The van der Waals surface area contributed by atoms with E-state index in [2.05, 4.69) is 16.6 Å². The molecule has 0 spiro atoms. The van der Waals surface area contributed by atoms with Crippen LogP contribution in [0.1, 0.15) is 12.5 Å². The average molecular weight is 314 g/mol. The molecule has 3 N–H and O–H groups in total. The zero-order valence-electron chi connectivity index (χ0n) is 11.3. The molecule has 1 unspecified atom stereocenters. The second kappa shape index (κ2) is 8.17. The van der Waals surface area contributed by atoms with Gasteiger partial charge in [0.2, 0.25) is 10.0 Å². The van der Waals surface area contributed by atoms with Gasteiger partial charge in [0, 0.05) is 34.4 Å². The number of hydrogen-bond donors (Lipinski definition) is 2. The Bertz CT molecular complexity index is 631. The van der Waals surface area contributed by atoms with E-state index in [4.69, 9.17) is 5.73 Å². The average Bonchev–Trinajstić information content (AvgIpc) is 2.45.